The van der Waals surface area contributed by atoms with Gasteiger partial charge in [-0.05, 0) is 50.8 Å². The molecule has 1 heterocycles. The van der Waals surface area contributed by atoms with E-state index in [1.807, 2.05) is 36.9 Å². The van der Waals surface area contributed by atoms with Crippen molar-refractivity contribution >= 4 is 23.2 Å². The van der Waals surface area contributed by atoms with E-state index in [0.29, 0.717) is 24.8 Å². The molecule has 0 aromatic heterocycles. The Labute approximate surface area is 156 Å². The summed E-state index contributed by atoms with van der Waals surface area (Å²) in [5.74, 6) is 1.28. The van der Waals surface area contributed by atoms with E-state index in [9.17, 15) is 9.59 Å². The molecular formula is C21H30N2O3. The lowest BCUT2D eigenvalue weighted by molar-refractivity contribution is -0.127. The van der Waals surface area contributed by atoms with Crippen molar-refractivity contribution in [3.05, 3.63) is 18.2 Å². The summed E-state index contributed by atoms with van der Waals surface area (Å²) in [6.45, 7) is 8.99. The topological polar surface area (TPSA) is 58.6 Å². The van der Waals surface area contributed by atoms with Gasteiger partial charge in [-0.15, -0.1) is 0 Å². The summed E-state index contributed by atoms with van der Waals surface area (Å²) in [6.07, 6.45) is 4.18. The maximum atomic E-state index is 13.1. The first-order chi connectivity index (χ1) is 12.3. The van der Waals surface area contributed by atoms with Crippen LogP contribution >= 0.6 is 0 Å². The third kappa shape index (κ3) is 3.87. The number of rotatable bonds is 4. The Morgan fingerprint density at radius 1 is 1.31 bits per heavy atom. The van der Waals surface area contributed by atoms with Crippen molar-refractivity contribution in [3.63, 3.8) is 0 Å². The predicted molar refractivity (Wildman–Crippen MR) is 103 cm³/mol. The van der Waals surface area contributed by atoms with Crippen LogP contribution in [-0.2, 0) is 9.59 Å². The van der Waals surface area contributed by atoms with E-state index < -0.39 is 5.41 Å². The maximum absolute atomic E-state index is 13.1. The van der Waals surface area contributed by atoms with Crippen LogP contribution in [0.4, 0.5) is 11.4 Å². The molecule has 1 N–H and O–H groups in total. The number of anilines is 2. The number of fused-ring (bicyclic) bond motifs is 1. The second kappa shape index (κ2) is 7.29. The quantitative estimate of drug-likeness (QED) is 0.876. The molecule has 0 spiro atoms. The zero-order valence-corrected chi connectivity index (χ0v) is 16.3. The van der Waals surface area contributed by atoms with Gasteiger partial charge >= 0.3 is 0 Å². The number of ether oxygens (including phenoxy) is 1. The van der Waals surface area contributed by atoms with Gasteiger partial charge < -0.3 is 15.0 Å². The van der Waals surface area contributed by atoms with Crippen molar-refractivity contribution in [2.75, 3.05) is 23.4 Å². The Bertz CT molecular complexity index is 690. The number of benzene rings is 1. The Morgan fingerprint density at radius 2 is 2.00 bits per heavy atom. The van der Waals surface area contributed by atoms with Gasteiger partial charge in [-0.1, -0.05) is 26.7 Å². The minimum atomic E-state index is -0.582. The third-order valence-corrected chi connectivity index (χ3v) is 5.20. The summed E-state index contributed by atoms with van der Waals surface area (Å²) in [7, 11) is 0. The number of carbonyl (C=O) groups is 2. The number of hydrogen-bond donors (Lipinski definition) is 1. The van der Waals surface area contributed by atoms with Crippen molar-refractivity contribution in [1.29, 1.82) is 0 Å². The Morgan fingerprint density at radius 3 is 2.65 bits per heavy atom. The number of hydrogen-bond acceptors (Lipinski definition) is 3. The van der Waals surface area contributed by atoms with Crippen LogP contribution in [0.3, 0.4) is 0 Å². The van der Waals surface area contributed by atoms with E-state index >= 15 is 0 Å². The van der Waals surface area contributed by atoms with Gasteiger partial charge in [-0.25, -0.2) is 0 Å². The smallest absolute Gasteiger partial charge is 0.236 e. The van der Waals surface area contributed by atoms with Crippen molar-refractivity contribution < 1.29 is 14.3 Å². The van der Waals surface area contributed by atoms with Crippen molar-refractivity contribution in [3.8, 4) is 5.75 Å². The molecule has 0 atom stereocenters. The molecular weight excluding hydrogens is 328 g/mol. The lowest BCUT2D eigenvalue weighted by Crippen LogP contribution is -2.43. The highest BCUT2D eigenvalue weighted by Gasteiger charge is 2.38. The minimum absolute atomic E-state index is 0.0595. The Hall–Kier alpha value is -2.04. The number of nitrogens with one attached hydrogen (secondary N) is 1. The molecule has 142 valence electrons. The molecule has 2 amide bonds. The molecule has 1 aromatic carbocycles. The average Bonchev–Trinajstić information content (AvgIpc) is 3.10. The monoisotopic (exact) mass is 358 g/mol. The van der Waals surface area contributed by atoms with Gasteiger partial charge in [0.25, 0.3) is 0 Å². The summed E-state index contributed by atoms with van der Waals surface area (Å²) < 4.78 is 5.93. The minimum Gasteiger partial charge on any atom is -0.490 e. The van der Waals surface area contributed by atoms with Crippen LogP contribution in [0.15, 0.2) is 18.2 Å². The van der Waals surface area contributed by atoms with E-state index in [2.05, 4.69) is 19.2 Å². The van der Waals surface area contributed by atoms with Crippen molar-refractivity contribution in [2.24, 2.45) is 17.3 Å². The van der Waals surface area contributed by atoms with Crippen LogP contribution in [0.5, 0.6) is 5.75 Å². The van der Waals surface area contributed by atoms with Gasteiger partial charge in [0.05, 0.1) is 11.1 Å². The molecule has 1 aliphatic carbocycles. The van der Waals surface area contributed by atoms with Gasteiger partial charge in [-0.2, -0.15) is 0 Å². The lowest BCUT2D eigenvalue weighted by atomic mass is 9.92. The van der Waals surface area contributed by atoms with Crippen LogP contribution < -0.4 is 15.0 Å². The van der Waals surface area contributed by atoms with Crippen LogP contribution in [0.1, 0.15) is 53.4 Å². The molecule has 2 aliphatic rings. The largest absolute Gasteiger partial charge is 0.490 e. The molecule has 0 bridgehead atoms. The van der Waals surface area contributed by atoms with Crippen LogP contribution in [-0.4, -0.2) is 25.0 Å². The molecule has 0 unspecified atom stereocenters. The van der Waals surface area contributed by atoms with E-state index in [1.54, 1.807) is 0 Å². The average molecular weight is 358 g/mol. The van der Waals surface area contributed by atoms with E-state index in [4.69, 9.17) is 4.74 Å². The third-order valence-electron chi connectivity index (χ3n) is 5.20. The molecule has 1 aliphatic heterocycles. The number of carbonyl (C=O) groups excluding carboxylic acids is 2. The van der Waals surface area contributed by atoms with E-state index in [1.165, 1.54) is 0 Å². The number of amides is 2. The Balaban J connectivity index is 1.89. The molecule has 0 radical (unpaired) electrons. The van der Waals surface area contributed by atoms with Crippen LogP contribution in [0.25, 0.3) is 0 Å². The second-order valence-corrected chi connectivity index (χ2v) is 8.64. The van der Waals surface area contributed by atoms with E-state index in [-0.39, 0.29) is 17.7 Å². The van der Waals surface area contributed by atoms with Gasteiger partial charge in [0, 0.05) is 18.2 Å². The normalized spacial score (nSPS) is 19.9. The van der Waals surface area contributed by atoms with Gasteiger partial charge in [-0.3, -0.25) is 9.59 Å². The Kier molecular flexibility index (Phi) is 5.26. The predicted octanol–water partition coefficient (Wildman–Crippen LogP) is 4.22. The first-order valence-electron chi connectivity index (χ1n) is 9.67. The molecule has 5 nitrogen and oxygen atoms in total. The first kappa shape index (κ1) is 18.7. The fourth-order valence-corrected chi connectivity index (χ4v) is 3.70. The fourth-order valence-electron chi connectivity index (χ4n) is 3.70. The summed E-state index contributed by atoms with van der Waals surface area (Å²) in [4.78, 5) is 27.3. The summed E-state index contributed by atoms with van der Waals surface area (Å²) in [5, 5.41) is 3.03. The fraction of sp³-hybridized carbons (Fsp3) is 0.619. The van der Waals surface area contributed by atoms with E-state index in [0.717, 1.165) is 37.1 Å². The zero-order chi connectivity index (χ0) is 18.9. The lowest BCUT2D eigenvalue weighted by Gasteiger charge is -2.29. The molecule has 1 fully saturated rings. The molecule has 26 heavy (non-hydrogen) atoms. The van der Waals surface area contributed by atoms with Crippen LogP contribution in [0.2, 0.25) is 0 Å². The highest BCUT2D eigenvalue weighted by atomic mass is 16.5. The molecule has 5 heteroatoms. The highest BCUT2D eigenvalue weighted by Crippen LogP contribution is 2.39. The van der Waals surface area contributed by atoms with Crippen molar-refractivity contribution in [1.82, 2.24) is 0 Å². The molecule has 1 aromatic rings. The van der Waals surface area contributed by atoms with Gasteiger partial charge in [0.2, 0.25) is 11.8 Å². The summed E-state index contributed by atoms with van der Waals surface area (Å²) in [5.41, 5.74) is 0.894. The first-order valence-corrected chi connectivity index (χ1v) is 9.67. The highest BCUT2D eigenvalue weighted by molar-refractivity contribution is 6.00. The van der Waals surface area contributed by atoms with Gasteiger partial charge in [0.15, 0.2) is 0 Å². The second-order valence-electron chi connectivity index (χ2n) is 8.64. The van der Waals surface area contributed by atoms with Gasteiger partial charge in [0.1, 0.15) is 12.4 Å². The molecule has 1 saturated carbocycles. The van der Waals surface area contributed by atoms with Crippen LogP contribution in [0, 0.1) is 17.3 Å². The number of nitrogens with zero attached hydrogens (tertiary/aromatic N) is 1. The molecule has 3 rings (SSSR count). The summed E-state index contributed by atoms with van der Waals surface area (Å²) >= 11 is 0. The SMILES string of the molecule is CC(C)CN1C(=O)C(C)(C)COc2ccc(NC(=O)C3CCCC3)cc21. The maximum Gasteiger partial charge on any atom is 0.236 e. The zero-order valence-electron chi connectivity index (χ0n) is 16.3. The molecule has 0 saturated heterocycles. The van der Waals surface area contributed by atoms with Crippen molar-refractivity contribution in [2.45, 2.75) is 53.4 Å². The standard InChI is InChI=1S/C21H30N2O3/c1-14(2)12-23-17-11-16(22-19(24)15-7-5-6-8-15)9-10-18(17)26-13-21(3,4)20(23)25/h9-11,14-15H,5-8,12-13H2,1-4H3,(H,22,24). The summed E-state index contributed by atoms with van der Waals surface area (Å²) in [6, 6.07) is 5.60.